The first kappa shape index (κ1) is 15.2. The fourth-order valence-electron chi connectivity index (χ4n) is 2.40. The minimum Gasteiger partial charge on any atom is -0.265 e. The second-order valence-electron chi connectivity index (χ2n) is 5.20. The van der Waals surface area contributed by atoms with Gasteiger partial charge in [0.15, 0.2) is 0 Å². The summed E-state index contributed by atoms with van der Waals surface area (Å²) in [7, 11) is 0. The molecule has 0 atom stereocenters. The standard InChI is InChI=1S/C18H13F3N2/c1-12-9-17(14-3-2-4-15(10-14)18(19,20)21)23-11-16(12)13-5-7-22-8-6-13/h2-11H,1H3. The number of nitrogens with zero attached hydrogens (tertiary/aromatic N) is 2. The highest BCUT2D eigenvalue weighted by Crippen LogP contribution is 2.32. The summed E-state index contributed by atoms with van der Waals surface area (Å²) in [5.74, 6) is 0. The first-order valence-electron chi connectivity index (χ1n) is 7.00. The fraction of sp³-hybridized carbons (Fsp3) is 0.111. The fourth-order valence-corrected chi connectivity index (χ4v) is 2.40. The summed E-state index contributed by atoms with van der Waals surface area (Å²) >= 11 is 0. The van der Waals surface area contributed by atoms with E-state index in [4.69, 9.17) is 0 Å². The number of aryl methyl sites for hydroxylation is 1. The van der Waals surface area contributed by atoms with Crippen molar-refractivity contribution in [2.45, 2.75) is 13.1 Å². The van der Waals surface area contributed by atoms with Gasteiger partial charge in [0.05, 0.1) is 11.3 Å². The molecule has 116 valence electrons. The van der Waals surface area contributed by atoms with Gasteiger partial charge in [-0.15, -0.1) is 0 Å². The van der Waals surface area contributed by atoms with Gasteiger partial charge in [0.25, 0.3) is 0 Å². The Morgan fingerprint density at radius 3 is 2.30 bits per heavy atom. The third-order valence-corrected chi connectivity index (χ3v) is 3.59. The maximum Gasteiger partial charge on any atom is 0.416 e. The quantitative estimate of drug-likeness (QED) is 0.654. The van der Waals surface area contributed by atoms with Crippen molar-refractivity contribution < 1.29 is 13.2 Å². The van der Waals surface area contributed by atoms with Crippen LogP contribution in [0.3, 0.4) is 0 Å². The molecular formula is C18H13F3N2. The predicted octanol–water partition coefficient (Wildman–Crippen LogP) is 5.14. The van der Waals surface area contributed by atoms with Crippen molar-refractivity contribution in [2.75, 3.05) is 0 Å². The van der Waals surface area contributed by atoms with Crippen LogP contribution in [-0.4, -0.2) is 9.97 Å². The Morgan fingerprint density at radius 2 is 1.65 bits per heavy atom. The zero-order chi connectivity index (χ0) is 16.4. The number of hydrogen-bond acceptors (Lipinski definition) is 2. The smallest absolute Gasteiger partial charge is 0.265 e. The van der Waals surface area contributed by atoms with Crippen LogP contribution in [0.2, 0.25) is 0 Å². The normalized spacial score (nSPS) is 11.5. The summed E-state index contributed by atoms with van der Waals surface area (Å²) < 4.78 is 38.5. The second kappa shape index (κ2) is 5.83. The van der Waals surface area contributed by atoms with Gasteiger partial charge in [0.2, 0.25) is 0 Å². The number of halogens is 3. The summed E-state index contributed by atoms with van der Waals surface area (Å²) in [6.45, 7) is 1.91. The molecule has 1 aromatic carbocycles. The number of benzene rings is 1. The maximum absolute atomic E-state index is 12.8. The van der Waals surface area contributed by atoms with E-state index in [-0.39, 0.29) is 0 Å². The van der Waals surface area contributed by atoms with E-state index in [1.807, 2.05) is 19.1 Å². The van der Waals surface area contributed by atoms with Crippen LogP contribution >= 0.6 is 0 Å². The van der Waals surface area contributed by atoms with Crippen molar-refractivity contribution in [3.8, 4) is 22.4 Å². The largest absolute Gasteiger partial charge is 0.416 e. The van der Waals surface area contributed by atoms with Crippen molar-refractivity contribution in [3.63, 3.8) is 0 Å². The highest BCUT2D eigenvalue weighted by atomic mass is 19.4. The SMILES string of the molecule is Cc1cc(-c2cccc(C(F)(F)F)c2)ncc1-c1ccncc1. The molecule has 2 nitrogen and oxygen atoms in total. The molecule has 0 fully saturated rings. The van der Waals surface area contributed by atoms with E-state index in [1.54, 1.807) is 30.7 Å². The molecule has 0 saturated carbocycles. The Balaban J connectivity index is 2.01. The Bertz CT molecular complexity index is 827. The zero-order valence-electron chi connectivity index (χ0n) is 12.3. The Morgan fingerprint density at radius 1 is 0.913 bits per heavy atom. The molecule has 2 heterocycles. The molecule has 0 N–H and O–H groups in total. The molecule has 0 radical (unpaired) electrons. The molecule has 5 heteroatoms. The number of aromatic nitrogens is 2. The van der Waals surface area contributed by atoms with E-state index in [1.165, 1.54) is 6.07 Å². The lowest BCUT2D eigenvalue weighted by molar-refractivity contribution is -0.137. The van der Waals surface area contributed by atoms with Crippen LogP contribution < -0.4 is 0 Å². The minimum atomic E-state index is -4.36. The van der Waals surface area contributed by atoms with Crippen LogP contribution in [0.5, 0.6) is 0 Å². The summed E-state index contributed by atoms with van der Waals surface area (Å²) in [6.07, 6.45) is 0.702. The van der Waals surface area contributed by atoms with E-state index < -0.39 is 11.7 Å². The molecule has 0 aliphatic rings. The van der Waals surface area contributed by atoms with Gasteiger partial charge in [-0.3, -0.25) is 9.97 Å². The van der Waals surface area contributed by atoms with Crippen LogP contribution in [0.25, 0.3) is 22.4 Å². The highest BCUT2D eigenvalue weighted by Gasteiger charge is 2.30. The van der Waals surface area contributed by atoms with Crippen LogP contribution in [0.4, 0.5) is 13.2 Å². The van der Waals surface area contributed by atoms with Crippen molar-refractivity contribution in [1.82, 2.24) is 9.97 Å². The van der Waals surface area contributed by atoms with Crippen molar-refractivity contribution in [2.24, 2.45) is 0 Å². The Labute approximate surface area is 131 Å². The molecule has 0 amide bonds. The molecule has 2 aromatic heterocycles. The average Bonchev–Trinajstić information content (AvgIpc) is 2.55. The third kappa shape index (κ3) is 3.23. The average molecular weight is 314 g/mol. The summed E-state index contributed by atoms with van der Waals surface area (Å²) in [6, 6.07) is 10.7. The topological polar surface area (TPSA) is 25.8 Å². The molecular weight excluding hydrogens is 301 g/mol. The molecule has 3 aromatic rings. The number of alkyl halides is 3. The minimum absolute atomic E-state index is 0.448. The lowest BCUT2D eigenvalue weighted by atomic mass is 10.0. The Kier molecular flexibility index (Phi) is 3.86. The molecule has 0 bridgehead atoms. The van der Waals surface area contributed by atoms with Crippen LogP contribution in [-0.2, 0) is 6.18 Å². The lowest BCUT2D eigenvalue weighted by Crippen LogP contribution is -2.04. The van der Waals surface area contributed by atoms with Gasteiger partial charge in [0.1, 0.15) is 0 Å². The molecule has 0 aliphatic heterocycles. The van der Waals surface area contributed by atoms with Crippen LogP contribution in [0.1, 0.15) is 11.1 Å². The number of hydrogen-bond donors (Lipinski definition) is 0. The van der Waals surface area contributed by atoms with Crippen LogP contribution in [0, 0.1) is 6.92 Å². The first-order chi connectivity index (χ1) is 10.9. The van der Waals surface area contributed by atoms with Crippen molar-refractivity contribution in [1.29, 1.82) is 0 Å². The summed E-state index contributed by atoms with van der Waals surface area (Å²) in [4.78, 5) is 8.29. The highest BCUT2D eigenvalue weighted by molar-refractivity contribution is 5.70. The summed E-state index contributed by atoms with van der Waals surface area (Å²) in [5.41, 5.74) is 3.14. The van der Waals surface area contributed by atoms with Gasteiger partial charge in [-0.25, -0.2) is 0 Å². The summed E-state index contributed by atoms with van der Waals surface area (Å²) in [5, 5.41) is 0. The van der Waals surface area contributed by atoms with E-state index in [0.29, 0.717) is 11.3 Å². The molecule has 23 heavy (non-hydrogen) atoms. The second-order valence-corrected chi connectivity index (χ2v) is 5.20. The number of pyridine rings is 2. The van der Waals surface area contributed by atoms with Gasteiger partial charge >= 0.3 is 6.18 Å². The van der Waals surface area contributed by atoms with E-state index >= 15 is 0 Å². The monoisotopic (exact) mass is 314 g/mol. The van der Waals surface area contributed by atoms with Gasteiger partial charge in [-0.1, -0.05) is 12.1 Å². The molecule has 0 aliphatic carbocycles. The van der Waals surface area contributed by atoms with E-state index in [9.17, 15) is 13.2 Å². The van der Waals surface area contributed by atoms with E-state index in [2.05, 4.69) is 9.97 Å². The molecule has 0 unspecified atom stereocenters. The number of rotatable bonds is 2. The third-order valence-electron chi connectivity index (χ3n) is 3.59. The zero-order valence-corrected chi connectivity index (χ0v) is 12.3. The van der Waals surface area contributed by atoms with Gasteiger partial charge in [-0.2, -0.15) is 13.2 Å². The molecule has 3 rings (SSSR count). The van der Waals surface area contributed by atoms with Gasteiger partial charge in [-0.05, 0) is 48.4 Å². The van der Waals surface area contributed by atoms with Crippen LogP contribution in [0.15, 0.2) is 61.1 Å². The first-order valence-corrected chi connectivity index (χ1v) is 7.00. The van der Waals surface area contributed by atoms with E-state index in [0.717, 1.165) is 28.8 Å². The van der Waals surface area contributed by atoms with Gasteiger partial charge < -0.3 is 0 Å². The van der Waals surface area contributed by atoms with Gasteiger partial charge in [0, 0.05) is 29.7 Å². The van der Waals surface area contributed by atoms with Crippen molar-refractivity contribution >= 4 is 0 Å². The molecule has 0 saturated heterocycles. The van der Waals surface area contributed by atoms with Crippen molar-refractivity contribution in [3.05, 3.63) is 72.2 Å². The maximum atomic E-state index is 12.8. The molecule has 0 spiro atoms. The lowest BCUT2D eigenvalue weighted by Gasteiger charge is -2.10. The predicted molar refractivity (Wildman–Crippen MR) is 82.6 cm³/mol. The Hall–Kier alpha value is -2.69.